The number of para-hydroxylation sites is 1. The van der Waals surface area contributed by atoms with Crippen LogP contribution in [0, 0.1) is 11.7 Å². The van der Waals surface area contributed by atoms with Gasteiger partial charge in [-0.1, -0.05) is 12.1 Å². The minimum atomic E-state index is -3.47. The number of hydrogen-bond acceptors (Lipinski definition) is 5. The van der Waals surface area contributed by atoms with Crippen LogP contribution in [0.25, 0.3) is 0 Å². The monoisotopic (exact) mass is 471 g/mol. The number of sulfonamides is 1. The highest BCUT2D eigenvalue weighted by Gasteiger charge is 2.48. The molecule has 0 bridgehead atoms. The molecule has 4 atom stereocenters. The van der Waals surface area contributed by atoms with Crippen molar-refractivity contribution >= 4 is 21.6 Å². The average molecular weight is 472 g/mol. The molecule has 1 saturated carbocycles. The van der Waals surface area contributed by atoms with Crippen LogP contribution >= 0.6 is 0 Å². The maximum Gasteiger partial charge on any atom is 0.229 e. The number of nitrogens with zero attached hydrogens (tertiary/aromatic N) is 2. The summed E-state index contributed by atoms with van der Waals surface area (Å²) >= 11 is 0. The van der Waals surface area contributed by atoms with Crippen molar-refractivity contribution in [3.63, 3.8) is 0 Å². The number of carbonyl (C=O) groups is 1. The molecular weight excluding hydrogens is 440 g/mol. The van der Waals surface area contributed by atoms with Gasteiger partial charge in [0, 0.05) is 25.7 Å². The Morgan fingerprint density at radius 1 is 1.19 bits per heavy atom. The second kappa shape index (κ2) is 9.61. The van der Waals surface area contributed by atoms with E-state index < -0.39 is 34.2 Å². The highest BCUT2D eigenvalue weighted by atomic mass is 32.2. The van der Waals surface area contributed by atoms with Crippen molar-refractivity contribution in [1.29, 1.82) is 0 Å². The van der Waals surface area contributed by atoms with Crippen molar-refractivity contribution in [1.82, 2.24) is 9.62 Å². The van der Waals surface area contributed by atoms with Crippen LogP contribution in [0.4, 0.5) is 14.5 Å². The van der Waals surface area contributed by atoms with Crippen molar-refractivity contribution in [2.24, 2.45) is 5.92 Å². The molecule has 1 amide bonds. The molecule has 2 saturated heterocycles. The summed E-state index contributed by atoms with van der Waals surface area (Å²) in [4.78, 5) is 16.4. The minimum Gasteiger partial charge on any atom is -0.376 e. The van der Waals surface area contributed by atoms with E-state index in [9.17, 15) is 22.0 Å². The fourth-order valence-electron chi connectivity index (χ4n) is 4.79. The van der Waals surface area contributed by atoms with E-state index in [1.165, 1.54) is 6.07 Å². The number of rotatable bonds is 7. The highest BCUT2D eigenvalue weighted by Crippen LogP contribution is 2.37. The smallest absolute Gasteiger partial charge is 0.229 e. The zero-order valence-electron chi connectivity index (χ0n) is 18.3. The van der Waals surface area contributed by atoms with E-state index in [1.54, 1.807) is 17.0 Å². The van der Waals surface area contributed by atoms with Gasteiger partial charge in [0.1, 0.15) is 12.0 Å². The Labute approximate surface area is 188 Å². The van der Waals surface area contributed by atoms with Crippen LogP contribution in [0.15, 0.2) is 24.3 Å². The van der Waals surface area contributed by atoms with Crippen LogP contribution in [-0.2, 0) is 19.6 Å². The van der Waals surface area contributed by atoms with Gasteiger partial charge in [-0.05, 0) is 44.2 Å². The molecule has 0 radical (unpaired) electrons. The van der Waals surface area contributed by atoms with E-state index in [1.807, 2.05) is 11.0 Å². The summed E-state index contributed by atoms with van der Waals surface area (Å²) in [6.07, 6.45) is 2.83. The number of hydrogen-bond donors (Lipinski definition) is 1. The van der Waals surface area contributed by atoms with Crippen molar-refractivity contribution in [3.05, 3.63) is 30.1 Å². The number of likely N-dealkylation sites (tertiary alicyclic amines) is 1. The lowest BCUT2D eigenvalue weighted by Crippen LogP contribution is -2.59. The third kappa shape index (κ3) is 5.58. The number of anilines is 1. The molecule has 0 spiro atoms. The first-order valence-corrected chi connectivity index (χ1v) is 13.1. The number of amides is 1. The lowest BCUT2D eigenvalue weighted by atomic mass is 9.96. The zero-order valence-corrected chi connectivity index (χ0v) is 19.1. The Morgan fingerprint density at radius 3 is 2.50 bits per heavy atom. The lowest BCUT2D eigenvalue weighted by Gasteiger charge is -2.42. The summed E-state index contributed by atoms with van der Waals surface area (Å²) in [6.45, 7) is 1.96. The van der Waals surface area contributed by atoms with Crippen LogP contribution in [0.3, 0.4) is 0 Å². The predicted octanol–water partition coefficient (Wildman–Crippen LogP) is 2.08. The maximum absolute atomic E-state index is 14.1. The number of benzene rings is 1. The molecule has 3 aliphatic rings. The summed E-state index contributed by atoms with van der Waals surface area (Å²) in [5.74, 6) is -1.11. The molecule has 1 aromatic carbocycles. The summed E-state index contributed by atoms with van der Waals surface area (Å²) < 4.78 is 60.1. The maximum atomic E-state index is 14.1. The second-order valence-corrected chi connectivity index (χ2v) is 10.8. The Balaban J connectivity index is 1.38. The molecule has 178 valence electrons. The number of alkyl halides is 1. The van der Waals surface area contributed by atoms with Crippen molar-refractivity contribution < 1.29 is 26.7 Å². The number of carbonyl (C=O) groups excluding carboxylic acids is 1. The van der Waals surface area contributed by atoms with Gasteiger partial charge < -0.3 is 14.5 Å². The van der Waals surface area contributed by atoms with Gasteiger partial charge in [0.25, 0.3) is 0 Å². The molecule has 4 rings (SSSR count). The molecule has 0 aromatic heterocycles. The van der Waals surface area contributed by atoms with Crippen molar-refractivity contribution in [3.8, 4) is 0 Å². The summed E-state index contributed by atoms with van der Waals surface area (Å²) in [7, 11) is -3.47. The molecule has 7 nitrogen and oxygen atoms in total. The van der Waals surface area contributed by atoms with E-state index in [-0.39, 0.29) is 30.9 Å². The van der Waals surface area contributed by atoms with Crippen molar-refractivity contribution in [2.45, 2.75) is 56.5 Å². The largest absolute Gasteiger partial charge is 0.376 e. The lowest BCUT2D eigenvalue weighted by molar-refractivity contribution is -0.140. The highest BCUT2D eigenvalue weighted by molar-refractivity contribution is 7.88. The predicted molar refractivity (Wildman–Crippen MR) is 117 cm³/mol. The van der Waals surface area contributed by atoms with Gasteiger partial charge in [0.05, 0.1) is 36.6 Å². The van der Waals surface area contributed by atoms with Crippen LogP contribution in [0.1, 0.15) is 32.1 Å². The standard InChI is InChI=1S/C22H31F2N3O4S/c1-32(29,30)25-19-6-4-10-27(22(28)16-13-18(16)24)21(19)14-31-15-8-11-26(12-9-15)20-7-3-2-5-17(20)23/h2-3,5,7,15-16,18-19,21,25H,4,6,8-14H2,1H3/t16-,18-,19?,21?/m0/s1. The molecule has 2 heterocycles. The number of piperidine rings is 2. The first-order valence-electron chi connectivity index (χ1n) is 11.3. The van der Waals surface area contributed by atoms with Gasteiger partial charge in [-0.15, -0.1) is 0 Å². The van der Waals surface area contributed by atoms with Gasteiger partial charge in [-0.3, -0.25) is 4.79 Å². The Morgan fingerprint density at radius 2 is 1.88 bits per heavy atom. The molecule has 10 heteroatoms. The Kier molecular flexibility index (Phi) is 7.02. The van der Waals surface area contributed by atoms with Crippen LogP contribution in [0.5, 0.6) is 0 Å². The molecular formula is C22H31F2N3O4S. The normalized spacial score (nSPS) is 29.2. The van der Waals surface area contributed by atoms with Gasteiger partial charge in [-0.2, -0.15) is 0 Å². The molecule has 2 unspecified atom stereocenters. The van der Waals surface area contributed by atoms with Gasteiger partial charge in [-0.25, -0.2) is 21.9 Å². The van der Waals surface area contributed by atoms with Crippen molar-refractivity contribution in [2.75, 3.05) is 37.4 Å². The first-order chi connectivity index (χ1) is 15.2. The van der Waals surface area contributed by atoms with Crippen LogP contribution < -0.4 is 9.62 Å². The van der Waals surface area contributed by atoms with E-state index in [4.69, 9.17) is 4.74 Å². The molecule has 2 aliphatic heterocycles. The second-order valence-electron chi connectivity index (χ2n) is 9.07. The summed E-state index contributed by atoms with van der Waals surface area (Å²) in [5, 5.41) is 0. The molecule has 32 heavy (non-hydrogen) atoms. The third-order valence-electron chi connectivity index (χ3n) is 6.60. The number of nitrogens with one attached hydrogen (secondary N) is 1. The SMILES string of the molecule is CS(=O)(=O)NC1CCCN(C(=O)[C@H]2C[C@@H]2F)C1COC1CCN(c2ccccc2F)CC1. The van der Waals surface area contributed by atoms with E-state index in [0.29, 0.717) is 51.0 Å². The minimum absolute atomic E-state index is 0.0642. The third-order valence-corrected chi connectivity index (χ3v) is 7.33. The van der Waals surface area contributed by atoms with E-state index in [0.717, 1.165) is 6.26 Å². The van der Waals surface area contributed by atoms with Crippen LogP contribution in [-0.4, -0.2) is 76.1 Å². The first kappa shape index (κ1) is 23.4. The van der Waals surface area contributed by atoms with Crippen LogP contribution in [0.2, 0.25) is 0 Å². The number of ether oxygens (including phenoxy) is 1. The molecule has 1 aliphatic carbocycles. The Bertz CT molecular complexity index is 924. The summed E-state index contributed by atoms with van der Waals surface area (Å²) in [5.41, 5.74) is 0.581. The van der Waals surface area contributed by atoms with Gasteiger partial charge >= 0.3 is 0 Å². The molecule has 3 fully saturated rings. The zero-order chi connectivity index (χ0) is 22.9. The summed E-state index contributed by atoms with van der Waals surface area (Å²) in [6, 6.07) is 5.76. The van der Waals surface area contributed by atoms with E-state index in [2.05, 4.69) is 4.72 Å². The molecule has 1 aromatic rings. The van der Waals surface area contributed by atoms with E-state index >= 15 is 0 Å². The molecule has 1 N–H and O–H groups in total. The fraction of sp³-hybridized carbons (Fsp3) is 0.682. The topological polar surface area (TPSA) is 79.0 Å². The van der Waals surface area contributed by atoms with Gasteiger partial charge in [0.2, 0.25) is 15.9 Å². The average Bonchev–Trinajstić information content (AvgIpc) is 3.48. The Hall–Kier alpha value is -1.78. The number of halogens is 2. The fourth-order valence-corrected chi connectivity index (χ4v) is 5.61. The quantitative estimate of drug-likeness (QED) is 0.659. The van der Waals surface area contributed by atoms with Gasteiger partial charge in [0.15, 0.2) is 0 Å².